The van der Waals surface area contributed by atoms with Crippen molar-refractivity contribution in [3.8, 4) is 0 Å². The molecule has 2 amide bonds. The molecular formula is C10H17N3O2. The van der Waals surface area contributed by atoms with Crippen LogP contribution in [0.25, 0.3) is 0 Å². The summed E-state index contributed by atoms with van der Waals surface area (Å²) in [7, 11) is 0. The first kappa shape index (κ1) is 10.4. The van der Waals surface area contributed by atoms with Gasteiger partial charge in [-0.3, -0.25) is 9.59 Å². The minimum Gasteiger partial charge on any atom is -0.370 e. The van der Waals surface area contributed by atoms with E-state index in [0.717, 1.165) is 12.8 Å². The number of fused-ring (bicyclic) bond motifs is 2. The van der Waals surface area contributed by atoms with E-state index in [1.165, 1.54) is 6.42 Å². The fraction of sp³-hybridized carbons (Fsp3) is 0.800. The van der Waals surface area contributed by atoms with Crippen LogP contribution in [0.4, 0.5) is 0 Å². The van der Waals surface area contributed by atoms with Crippen LogP contribution in [0.2, 0.25) is 0 Å². The second-order valence-electron chi connectivity index (χ2n) is 4.40. The van der Waals surface area contributed by atoms with Gasteiger partial charge in [0.2, 0.25) is 11.8 Å². The predicted molar refractivity (Wildman–Crippen MR) is 54.9 cm³/mol. The van der Waals surface area contributed by atoms with Crippen molar-refractivity contribution in [2.45, 2.75) is 37.8 Å². The molecule has 2 heterocycles. The average molecular weight is 211 g/mol. The summed E-state index contributed by atoms with van der Waals surface area (Å²) in [5.41, 5.74) is 4.99. The molecule has 0 aliphatic carbocycles. The number of carbonyl (C=O) groups excluding carboxylic acids is 2. The number of hydrogen-bond acceptors (Lipinski definition) is 3. The van der Waals surface area contributed by atoms with E-state index in [4.69, 9.17) is 5.73 Å². The molecule has 15 heavy (non-hydrogen) atoms. The summed E-state index contributed by atoms with van der Waals surface area (Å²) in [6, 6.07) is 0.880. The molecular weight excluding hydrogens is 194 g/mol. The Hall–Kier alpha value is -1.10. The summed E-state index contributed by atoms with van der Waals surface area (Å²) < 4.78 is 0. The van der Waals surface area contributed by atoms with Crippen LogP contribution in [-0.2, 0) is 9.59 Å². The second-order valence-corrected chi connectivity index (χ2v) is 4.40. The lowest BCUT2D eigenvalue weighted by Gasteiger charge is -2.19. The fourth-order valence-electron chi connectivity index (χ4n) is 2.55. The number of primary amides is 1. The molecule has 0 saturated carbocycles. The maximum Gasteiger partial charge on any atom is 0.224 e. The summed E-state index contributed by atoms with van der Waals surface area (Å²) >= 11 is 0. The Kier molecular flexibility index (Phi) is 2.90. The highest BCUT2D eigenvalue weighted by Crippen LogP contribution is 2.33. The smallest absolute Gasteiger partial charge is 0.224 e. The summed E-state index contributed by atoms with van der Waals surface area (Å²) in [5, 5.41) is 6.17. The van der Waals surface area contributed by atoms with Gasteiger partial charge in [0.1, 0.15) is 0 Å². The third kappa shape index (κ3) is 2.28. The Morgan fingerprint density at radius 1 is 1.40 bits per heavy atom. The number of amides is 2. The molecule has 0 spiro atoms. The van der Waals surface area contributed by atoms with Crippen LogP contribution in [-0.4, -0.2) is 30.4 Å². The maximum absolute atomic E-state index is 11.7. The van der Waals surface area contributed by atoms with Crippen molar-refractivity contribution >= 4 is 11.8 Å². The molecule has 2 fully saturated rings. The minimum absolute atomic E-state index is 0.0657. The molecule has 5 heteroatoms. The lowest BCUT2D eigenvalue weighted by atomic mass is 9.88. The van der Waals surface area contributed by atoms with Crippen molar-refractivity contribution in [2.75, 3.05) is 6.54 Å². The van der Waals surface area contributed by atoms with Crippen LogP contribution >= 0.6 is 0 Å². The topological polar surface area (TPSA) is 84.2 Å². The first-order valence-corrected chi connectivity index (χ1v) is 5.49. The Bertz CT molecular complexity index is 280. The average Bonchev–Trinajstić information content (AvgIpc) is 2.77. The van der Waals surface area contributed by atoms with E-state index in [9.17, 15) is 9.59 Å². The zero-order chi connectivity index (χ0) is 10.8. The van der Waals surface area contributed by atoms with Gasteiger partial charge in [0.25, 0.3) is 0 Å². The summed E-state index contributed by atoms with van der Waals surface area (Å²) in [6.45, 7) is 0.363. The first-order chi connectivity index (χ1) is 7.16. The van der Waals surface area contributed by atoms with E-state index >= 15 is 0 Å². The van der Waals surface area contributed by atoms with Crippen LogP contribution in [0, 0.1) is 5.92 Å². The maximum atomic E-state index is 11.7. The number of nitrogens with one attached hydrogen (secondary N) is 2. The normalized spacial score (nSPS) is 32.9. The van der Waals surface area contributed by atoms with Gasteiger partial charge in [-0.1, -0.05) is 0 Å². The van der Waals surface area contributed by atoms with Gasteiger partial charge in [-0.2, -0.15) is 0 Å². The Balaban J connectivity index is 1.74. The van der Waals surface area contributed by atoms with Crippen LogP contribution < -0.4 is 16.4 Å². The van der Waals surface area contributed by atoms with Crippen molar-refractivity contribution in [2.24, 2.45) is 11.7 Å². The van der Waals surface area contributed by atoms with E-state index in [0.29, 0.717) is 18.6 Å². The molecule has 0 aromatic carbocycles. The molecule has 2 saturated heterocycles. The lowest BCUT2D eigenvalue weighted by molar-refractivity contribution is -0.125. The third-order valence-electron chi connectivity index (χ3n) is 3.31. The van der Waals surface area contributed by atoms with Gasteiger partial charge in [0, 0.05) is 25.0 Å². The van der Waals surface area contributed by atoms with Gasteiger partial charge in [-0.15, -0.1) is 0 Å². The molecule has 3 unspecified atom stereocenters. The minimum atomic E-state index is -0.374. The Morgan fingerprint density at radius 2 is 2.20 bits per heavy atom. The van der Waals surface area contributed by atoms with Crippen molar-refractivity contribution in [1.29, 1.82) is 0 Å². The molecule has 3 atom stereocenters. The van der Waals surface area contributed by atoms with Crippen LogP contribution in [0.5, 0.6) is 0 Å². The molecule has 2 aliphatic heterocycles. The second kappa shape index (κ2) is 4.18. The quantitative estimate of drug-likeness (QED) is 0.564. The zero-order valence-corrected chi connectivity index (χ0v) is 8.66. The molecule has 84 valence electrons. The molecule has 2 rings (SSSR count). The van der Waals surface area contributed by atoms with Gasteiger partial charge < -0.3 is 16.4 Å². The van der Waals surface area contributed by atoms with Gasteiger partial charge in [-0.25, -0.2) is 0 Å². The Labute approximate surface area is 88.8 Å². The molecule has 5 nitrogen and oxygen atoms in total. The number of hydrogen-bond donors (Lipinski definition) is 3. The number of nitrogens with two attached hydrogens (primary N) is 1. The van der Waals surface area contributed by atoms with Crippen LogP contribution in [0.3, 0.4) is 0 Å². The highest BCUT2D eigenvalue weighted by Gasteiger charge is 2.42. The largest absolute Gasteiger partial charge is 0.370 e. The molecule has 2 bridgehead atoms. The van der Waals surface area contributed by atoms with Crippen LogP contribution in [0.1, 0.15) is 25.7 Å². The SMILES string of the molecule is NC(=O)CCNC(=O)C1CC2CCC1N2. The molecule has 0 aromatic rings. The molecule has 4 N–H and O–H groups in total. The van der Waals surface area contributed by atoms with Crippen molar-refractivity contribution < 1.29 is 9.59 Å². The summed E-state index contributed by atoms with van der Waals surface area (Å²) in [4.78, 5) is 22.2. The Morgan fingerprint density at radius 3 is 2.73 bits per heavy atom. The number of carbonyl (C=O) groups is 2. The molecule has 0 radical (unpaired) electrons. The summed E-state index contributed by atoms with van der Waals surface area (Å²) in [6.07, 6.45) is 3.45. The highest BCUT2D eigenvalue weighted by atomic mass is 16.2. The molecule has 2 aliphatic rings. The first-order valence-electron chi connectivity index (χ1n) is 5.49. The monoisotopic (exact) mass is 211 g/mol. The summed E-state index contributed by atoms with van der Waals surface area (Å²) in [5.74, 6) is -0.214. The molecule has 0 aromatic heterocycles. The van der Waals surface area contributed by atoms with Gasteiger partial charge >= 0.3 is 0 Å². The fourth-order valence-corrected chi connectivity index (χ4v) is 2.55. The van der Waals surface area contributed by atoms with E-state index in [1.54, 1.807) is 0 Å². The zero-order valence-electron chi connectivity index (χ0n) is 8.66. The van der Waals surface area contributed by atoms with Crippen molar-refractivity contribution in [3.05, 3.63) is 0 Å². The number of rotatable bonds is 4. The van der Waals surface area contributed by atoms with E-state index in [2.05, 4.69) is 10.6 Å². The van der Waals surface area contributed by atoms with Crippen molar-refractivity contribution in [3.63, 3.8) is 0 Å². The standard InChI is InChI=1S/C10H17N3O2/c11-9(14)3-4-12-10(15)7-5-6-1-2-8(7)13-6/h6-8,13H,1-5H2,(H2,11,14)(H,12,15). The van der Waals surface area contributed by atoms with E-state index in [-0.39, 0.29) is 24.2 Å². The van der Waals surface area contributed by atoms with Crippen LogP contribution in [0.15, 0.2) is 0 Å². The van der Waals surface area contributed by atoms with Gasteiger partial charge in [0.05, 0.1) is 5.92 Å². The van der Waals surface area contributed by atoms with Gasteiger partial charge in [-0.05, 0) is 19.3 Å². The highest BCUT2D eigenvalue weighted by molar-refractivity contribution is 5.81. The van der Waals surface area contributed by atoms with Gasteiger partial charge in [0.15, 0.2) is 0 Å². The van der Waals surface area contributed by atoms with Crippen molar-refractivity contribution in [1.82, 2.24) is 10.6 Å². The van der Waals surface area contributed by atoms with E-state index < -0.39 is 0 Å². The predicted octanol–water partition coefficient (Wildman–Crippen LogP) is -0.881. The lowest BCUT2D eigenvalue weighted by Crippen LogP contribution is -2.38. The van der Waals surface area contributed by atoms with E-state index in [1.807, 2.05) is 0 Å². The third-order valence-corrected chi connectivity index (χ3v) is 3.31.